The Morgan fingerprint density at radius 2 is 2.00 bits per heavy atom. The first-order valence-electron chi connectivity index (χ1n) is 8.81. The molecule has 2 amide bonds. The van der Waals surface area contributed by atoms with Gasteiger partial charge in [0, 0.05) is 24.4 Å². The maximum atomic E-state index is 12.6. The van der Waals surface area contributed by atoms with Gasteiger partial charge in [-0.1, -0.05) is 45.0 Å². The van der Waals surface area contributed by atoms with Gasteiger partial charge in [-0.3, -0.25) is 9.59 Å². The van der Waals surface area contributed by atoms with Crippen LogP contribution in [-0.2, 0) is 16.0 Å². The zero-order chi connectivity index (χ0) is 18.6. The topological polar surface area (TPSA) is 75.4 Å². The molecule has 5 heteroatoms. The van der Waals surface area contributed by atoms with Crippen LogP contribution in [0.4, 0.5) is 5.69 Å². The molecule has 0 aliphatic carbocycles. The van der Waals surface area contributed by atoms with Crippen LogP contribution in [0.15, 0.2) is 36.4 Å². The van der Waals surface area contributed by atoms with Gasteiger partial charge >= 0.3 is 0 Å². The van der Waals surface area contributed by atoms with E-state index in [-0.39, 0.29) is 23.3 Å². The smallest absolute Gasteiger partial charge is 0.250 e. The normalized spacial score (nSPS) is 16.6. The van der Waals surface area contributed by atoms with Crippen LogP contribution in [0.1, 0.15) is 39.7 Å². The van der Waals surface area contributed by atoms with Crippen LogP contribution in [0.5, 0.6) is 0 Å². The lowest BCUT2D eigenvalue weighted by Gasteiger charge is -2.25. The van der Waals surface area contributed by atoms with Crippen LogP contribution < -0.4 is 16.0 Å². The molecule has 2 rings (SSSR count). The molecule has 1 aromatic carbocycles. The summed E-state index contributed by atoms with van der Waals surface area (Å²) < 4.78 is 0. The van der Waals surface area contributed by atoms with E-state index in [2.05, 4.69) is 32.2 Å². The Morgan fingerprint density at radius 1 is 1.32 bits per heavy atom. The fourth-order valence-electron chi connectivity index (χ4n) is 3.00. The van der Waals surface area contributed by atoms with Crippen molar-refractivity contribution >= 4 is 17.5 Å². The molecule has 0 saturated heterocycles. The lowest BCUT2D eigenvalue weighted by Crippen LogP contribution is -2.44. The highest BCUT2D eigenvalue weighted by atomic mass is 16.2. The van der Waals surface area contributed by atoms with Gasteiger partial charge in [-0.25, -0.2) is 0 Å². The predicted molar refractivity (Wildman–Crippen MR) is 101 cm³/mol. The molecule has 3 N–H and O–H groups in total. The first-order chi connectivity index (χ1) is 11.7. The molecule has 5 nitrogen and oxygen atoms in total. The van der Waals surface area contributed by atoms with Gasteiger partial charge in [-0.2, -0.15) is 0 Å². The summed E-state index contributed by atoms with van der Waals surface area (Å²) >= 11 is 0. The maximum absolute atomic E-state index is 12.6. The lowest BCUT2D eigenvalue weighted by molar-refractivity contribution is -0.122. The summed E-state index contributed by atoms with van der Waals surface area (Å²) in [4.78, 5) is 26.3. The number of amides is 2. The Balaban J connectivity index is 2.09. The summed E-state index contributed by atoms with van der Waals surface area (Å²) in [7, 11) is 0. The summed E-state index contributed by atoms with van der Waals surface area (Å²) in [6, 6.07) is 7.17. The number of rotatable bonds is 5. The van der Waals surface area contributed by atoms with Gasteiger partial charge in [-0.05, 0) is 36.8 Å². The number of nitrogens with zero attached hydrogens (tertiary/aromatic N) is 1. The molecule has 2 atom stereocenters. The fraction of sp³-hybridized carbons (Fsp3) is 0.500. The van der Waals surface area contributed by atoms with Crippen molar-refractivity contribution in [2.45, 2.75) is 52.6 Å². The second kappa shape index (κ2) is 7.83. The van der Waals surface area contributed by atoms with Crippen LogP contribution in [-0.4, -0.2) is 30.4 Å². The van der Waals surface area contributed by atoms with Gasteiger partial charge < -0.3 is 16.0 Å². The van der Waals surface area contributed by atoms with E-state index in [1.54, 1.807) is 24.0 Å². The predicted octanol–water partition coefficient (Wildman–Crippen LogP) is 2.40. The Hall–Kier alpha value is -2.14. The molecule has 0 saturated carbocycles. The van der Waals surface area contributed by atoms with E-state index in [1.165, 1.54) is 5.56 Å². The first kappa shape index (κ1) is 19.2. The standard InChI is InChI=1S/C20H29N3O2/c1-14(21)19(25)22-16(13-20(2,3)4)9-10-18(24)23-12-11-15-7-5-6-8-17(15)23/h5-10,14,16H,11-13,21H2,1-4H3,(H,22,25). The summed E-state index contributed by atoms with van der Waals surface area (Å²) in [5.74, 6) is -0.267. The maximum Gasteiger partial charge on any atom is 0.250 e. The molecule has 0 bridgehead atoms. The fourth-order valence-corrected chi connectivity index (χ4v) is 3.00. The minimum atomic E-state index is -0.572. The number of carbonyl (C=O) groups is 2. The molecule has 0 fully saturated rings. The van der Waals surface area contributed by atoms with Crippen LogP contribution in [0, 0.1) is 5.41 Å². The summed E-state index contributed by atoms with van der Waals surface area (Å²) in [5, 5.41) is 2.92. The Bertz CT molecular complexity index is 659. The zero-order valence-electron chi connectivity index (χ0n) is 15.6. The second-order valence-corrected chi connectivity index (χ2v) is 7.90. The number of carbonyl (C=O) groups excluding carboxylic acids is 2. The number of fused-ring (bicyclic) bond motifs is 1. The molecule has 1 aliphatic heterocycles. The Labute approximate surface area is 150 Å². The largest absolute Gasteiger partial charge is 0.349 e. The molecule has 1 aromatic rings. The summed E-state index contributed by atoms with van der Waals surface area (Å²) in [6.45, 7) is 8.65. The van der Waals surface area contributed by atoms with E-state index >= 15 is 0 Å². The molecule has 0 radical (unpaired) electrons. The summed E-state index contributed by atoms with van der Waals surface area (Å²) in [6.07, 6.45) is 4.96. The Morgan fingerprint density at radius 3 is 2.64 bits per heavy atom. The van der Waals surface area contributed by atoms with Crippen LogP contribution in [0.3, 0.4) is 0 Å². The molecule has 1 aliphatic rings. The quantitative estimate of drug-likeness (QED) is 0.806. The highest BCUT2D eigenvalue weighted by Gasteiger charge is 2.24. The highest BCUT2D eigenvalue weighted by Crippen LogP contribution is 2.27. The van der Waals surface area contributed by atoms with Gasteiger partial charge in [0.05, 0.1) is 6.04 Å². The number of nitrogens with two attached hydrogens (primary N) is 1. The lowest BCUT2D eigenvalue weighted by atomic mass is 9.88. The average Bonchev–Trinajstić information content (AvgIpc) is 2.94. The van der Waals surface area contributed by atoms with Gasteiger partial charge in [-0.15, -0.1) is 0 Å². The van der Waals surface area contributed by atoms with E-state index < -0.39 is 6.04 Å². The molecule has 2 unspecified atom stereocenters. The zero-order valence-corrected chi connectivity index (χ0v) is 15.6. The second-order valence-electron chi connectivity index (χ2n) is 7.90. The van der Waals surface area contributed by atoms with Gasteiger partial charge in [0.2, 0.25) is 5.91 Å². The SMILES string of the molecule is CC(N)C(=O)NC(C=CC(=O)N1CCc2ccccc21)CC(C)(C)C. The number of benzene rings is 1. The number of nitrogens with one attached hydrogen (secondary N) is 1. The molecule has 136 valence electrons. The van der Waals surface area contributed by atoms with Crippen molar-refractivity contribution in [1.82, 2.24) is 5.32 Å². The Kier molecular flexibility index (Phi) is 6.01. The third-order valence-corrected chi connectivity index (χ3v) is 4.20. The van der Waals surface area contributed by atoms with E-state index in [0.29, 0.717) is 6.54 Å². The average molecular weight is 343 g/mol. The molecular formula is C20H29N3O2. The van der Waals surface area contributed by atoms with E-state index in [1.807, 2.05) is 18.2 Å². The summed E-state index contributed by atoms with van der Waals surface area (Å²) in [5.41, 5.74) is 7.83. The van der Waals surface area contributed by atoms with Gasteiger partial charge in [0.15, 0.2) is 0 Å². The third kappa shape index (κ3) is 5.43. The minimum absolute atomic E-state index is 0.0173. The van der Waals surface area contributed by atoms with Crippen molar-refractivity contribution in [2.24, 2.45) is 11.1 Å². The van der Waals surface area contributed by atoms with Crippen molar-refractivity contribution in [3.63, 3.8) is 0 Å². The number of hydrogen-bond acceptors (Lipinski definition) is 3. The van der Waals surface area contributed by atoms with Gasteiger partial charge in [0.25, 0.3) is 5.91 Å². The van der Waals surface area contributed by atoms with Crippen molar-refractivity contribution < 1.29 is 9.59 Å². The van der Waals surface area contributed by atoms with E-state index in [4.69, 9.17) is 5.73 Å². The molecule has 25 heavy (non-hydrogen) atoms. The third-order valence-electron chi connectivity index (χ3n) is 4.20. The van der Waals surface area contributed by atoms with Crippen LogP contribution >= 0.6 is 0 Å². The first-order valence-corrected chi connectivity index (χ1v) is 8.81. The monoisotopic (exact) mass is 343 g/mol. The van der Waals surface area contributed by atoms with Crippen molar-refractivity contribution in [2.75, 3.05) is 11.4 Å². The van der Waals surface area contributed by atoms with E-state index in [0.717, 1.165) is 18.5 Å². The van der Waals surface area contributed by atoms with E-state index in [9.17, 15) is 9.59 Å². The molecular weight excluding hydrogens is 314 g/mol. The van der Waals surface area contributed by atoms with Gasteiger partial charge in [0.1, 0.15) is 0 Å². The highest BCUT2D eigenvalue weighted by molar-refractivity contribution is 6.03. The van der Waals surface area contributed by atoms with Crippen molar-refractivity contribution in [3.8, 4) is 0 Å². The number of para-hydroxylation sites is 1. The van der Waals surface area contributed by atoms with Crippen LogP contribution in [0.2, 0.25) is 0 Å². The molecule has 0 aromatic heterocycles. The molecule has 0 spiro atoms. The molecule has 1 heterocycles. The van der Waals surface area contributed by atoms with Crippen molar-refractivity contribution in [1.29, 1.82) is 0 Å². The minimum Gasteiger partial charge on any atom is -0.349 e. The van der Waals surface area contributed by atoms with Crippen molar-refractivity contribution in [3.05, 3.63) is 42.0 Å². The van der Waals surface area contributed by atoms with Crippen LogP contribution in [0.25, 0.3) is 0 Å². The number of hydrogen-bond donors (Lipinski definition) is 2. The number of anilines is 1.